The van der Waals surface area contributed by atoms with E-state index in [1.807, 2.05) is 42.5 Å². The van der Waals surface area contributed by atoms with E-state index in [4.69, 9.17) is 17.3 Å². The van der Waals surface area contributed by atoms with Gasteiger partial charge in [-0.2, -0.15) is 0 Å². The van der Waals surface area contributed by atoms with Crippen molar-refractivity contribution in [2.24, 2.45) is 5.73 Å². The number of benzene rings is 2. The summed E-state index contributed by atoms with van der Waals surface area (Å²) in [7, 11) is 0. The van der Waals surface area contributed by atoms with Crippen molar-refractivity contribution in [2.75, 3.05) is 0 Å². The van der Waals surface area contributed by atoms with Gasteiger partial charge in [-0.1, -0.05) is 48.0 Å². The van der Waals surface area contributed by atoms with Gasteiger partial charge in [0.05, 0.1) is 17.2 Å². The van der Waals surface area contributed by atoms with E-state index in [2.05, 4.69) is 15.9 Å². The highest BCUT2D eigenvalue weighted by atomic mass is 79.9. The van der Waals surface area contributed by atoms with Crippen LogP contribution in [0.1, 0.15) is 17.2 Å². The SMILES string of the molecule is Cl.N[C@H](c1ccc(Cl)c(Br)c1)[C@@H](O)Cc1ccccc1. The molecule has 0 fully saturated rings. The summed E-state index contributed by atoms with van der Waals surface area (Å²) in [5.74, 6) is 0. The molecule has 108 valence electrons. The molecule has 0 spiro atoms. The van der Waals surface area contributed by atoms with E-state index in [0.717, 1.165) is 15.6 Å². The van der Waals surface area contributed by atoms with Crippen LogP contribution in [0.3, 0.4) is 0 Å². The number of aliphatic hydroxyl groups excluding tert-OH is 1. The number of halogens is 3. The Labute approximate surface area is 138 Å². The summed E-state index contributed by atoms with van der Waals surface area (Å²) < 4.78 is 0.786. The Morgan fingerprint density at radius 2 is 1.80 bits per heavy atom. The minimum absolute atomic E-state index is 0. The Balaban J connectivity index is 0.00000200. The molecule has 2 rings (SSSR count). The summed E-state index contributed by atoms with van der Waals surface area (Å²) >= 11 is 9.31. The fourth-order valence-corrected chi connectivity index (χ4v) is 2.44. The topological polar surface area (TPSA) is 46.2 Å². The van der Waals surface area contributed by atoms with Gasteiger partial charge in [0.2, 0.25) is 0 Å². The van der Waals surface area contributed by atoms with Gasteiger partial charge in [-0.3, -0.25) is 0 Å². The van der Waals surface area contributed by atoms with Gasteiger partial charge in [0.1, 0.15) is 0 Å². The fourth-order valence-electron chi connectivity index (χ4n) is 1.92. The molecule has 0 aliphatic heterocycles. The Morgan fingerprint density at radius 1 is 1.15 bits per heavy atom. The van der Waals surface area contributed by atoms with E-state index in [0.29, 0.717) is 11.4 Å². The van der Waals surface area contributed by atoms with E-state index in [1.54, 1.807) is 6.07 Å². The standard InChI is InChI=1S/C15H15BrClNO.ClH/c16-12-9-11(6-7-13(12)17)15(18)14(19)8-10-4-2-1-3-5-10;/h1-7,9,14-15,19H,8,18H2;1H/t14-,15+;/m0./s1. The molecule has 0 aliphatic rings. The Hall–Kier alpha value is -0.580. The molecule has 5 heteroatoms. The van der Waals surface area contributed by atoms with Crippen LogP contribution < -0.4 is 5.73 Å². The number of nitrogens with two attached hydrogens (primary N) is 1. The summed E-state index contributed by atoms with van der Waals surface area (Å²) in [6, 6.07) is 14.8. The summed E-state index contributed by atoms with van der Waals surface area (Å²) in [5, 5.41) is 10.8. The largest absolute Gasteiger partial charge is 0.391 e. The lowest BCUT2D eigenvalue weighted by molar-refractivity contribution is 0.145. The van der Waals surface area contributed by atoms with Gasteiger partial charge >= 0.3 is 0 Å². The summed E-state index contributed by atoms with van der Waals surface area (Å²) in [6.45, 7) is 0. The molecule has 3 N–H and O–H groups in total. The van der Waals surface area contributed by atoms with Gasteiger partial charge in [0, 0.05) is 10.9 Å². The van der Waals surface area contributed by atoms with Crippen LogP contribution in [0.4, 0.5) is 0 Å². The monoisotopic (exact) mass is 375 g/mol. The molecular weight excluding hydrogens is 361 g/mol. The first-order valence-corrected chi connectivity index (χ1v) is 7.17. The molecule has 2 aromatic rings. The van der Waals surface area contributed by atoms with Gasteiger partial charge in [0.15, 0.2) is 0 Å². The third-order valence-corrected chi connectivity index (χ3v) is 4.24. The van der Waals surface area contributed by atoms with Crippen LogP contribution in [0.5, 0.6) is 0 Å². The maximum atomic E-state index is 10.2. The number of aliphatic hydroxyl groups is 1. The lowest BCUT2D eigenvalue weighted by atomic mass is 9.97. The lowest BCUT2D eigenvalue weighted by Gasteiger charge is -2.19. The first kappa shape index (κ1) is 17.5. The van der Waals surface area contributed by atoms with Gasteiger partial charge in [-0.05, 0) is 39.2 Å². The average Bonchev–Trinajstić information content (AvgIpc) is 2.42. The van der Waals surface area contributed by atoms with Gasteiger partial charge < -0.3 is 10.8 Å². The van der Waals surface area contributed by atoms with Crippen molar-refractivity contribution in [3.05, 3.63) is 69.2 Å². The summed E-state index contributed by atoms with van der Waals surface area (Å²) in [5.41, 5.74) is 8.02. The zero-order valence-corrected chi connectivity index (χ0v) is 13.8. The van der Waals surface area contributed by atoms with E-state index in [-0.39, 0.29) is 12.4 Å². The molecule has 2 nitrogen and oxygen atoms in total. The molecule has 20 heavy (non-hydrogen) atoms. The Kier molecular flexibility index (Phi) is 7.00. The highest BCUT2D eigenvalue weighted by Crippen LogP contribution is 2.27. The predicted octanol–water partition coefficient (Wildman–Crippen LogP) is 4.13. The highest BCUT2D eigenvalue weighted by Gasteiger charge is 2.18. The smallest absolute Gasteiger partial charge is 0.0773 e. The first-order valence-electron chi connectivity index (χ1n) is 6.00. The predicted molar refractivity (Wildman–Crippen MR) is 89.5 cm³/mol. The van der Waals surface area contributed by atoms with E-state index >= 15 is 0 Å². The first-order chi connectivity index (χ1) is 9.08. The molecule has 0 aromatic heterocycles. The van der Waals surface area contributed by atoms with Crippen molar-refractivity contribution < 1.29 is 5.11 Å². The molecule has 0 saturated carbocycles. The molecule has 2 aromatic carbocycles. The summed E-state index contributed by atoms with van der Waals surface area (Å²) in [4.78, 5) is 0. The van der Waals surface area contributed by atoms with Crippen LogP contribution in [0.25, 0.3) is 0 Å². The van der Waals surface area contributed by atoms with Gasteiger partial charge in [-0.25, -0.2) is 0 Å². The van der Waals surface area contributed by atoms with Gasteiger partial charge in [0.25, 0.3) is 0 Å². The molecule has 0 amide bonds. The molecule has 0 saturated heterocycles. The number of hydrogen-bond donors (Lipinski definition) is 2. The molecular formula is C15H16BrCl2NO. The number of hydrogen-bond acceptors (Lipinski definition) is 2. The second-order valence-electron chi connectivity index (χ2n) is 4.46. The van der Waals surface area contributed by atoms with Crippen molar-refractivity contribution in [3.63, 3.8) is 0 Å². The quantitative estimate of drug-likeness (QED) is 0.842. The molecule has 0 aliphatic carbocycles. The summed E-state index contributed by atoms with van der Waals surface area (Å²) in [6.07, 6.45) is -0.0992. The second kappa shape index (κ2) is 8.01. The fraction of sp³-hybridized carbons (Fsp3) is 0.200. The molecule has 0 radical (unpaired) electrons. The Bertz CT molecular complexity index is 551. The van der Waals surface area contributed by atoms with Crippen molar-refractivity contribution in [2.45, 2.75) is 18.6 Å². The molecule has 2 atom stereocenters. The lowest BCUT2D eigenvalue weighted by Crippen LogP contribution is -2.28. The van der Waals surface area contributed by atoms with E-state index < -0.39 is 12.1 Å². The van der Waals surface area contributed by atoms with Crippen molar-refractivity contribution in [1.82, 2.24) is 0 Å². The zero-order valence-electron chi connectivity index (χ0n) is 10.7. The van der Waals surface area contributed by atoms with Crippen molar-refractivity contribution in [3.8, 4) is 0 Å². The second-order valence-corrected chi connectivity index (χ2v) is 5.72. The van der Waals surface area contributed by atoms with Crippen LogP contribution in [-0.4, -0.2) is 11.2 Å². The number of rotatable bonds is 4. The molecule has 0 bridgehead atoms. The van der Waals surface area contributed by atoms with Crippen LogP contribution in [0.2, 0.25) is 5.02 Å². The molecule has 0 unspecified atom stereocenters. The van der Waals surface area contributed by atoms with Crippen molar-refractivity contribution >= 4 is 39.9 Å². The maximum absolute atomic E-state index is 10.2. The normalized spacial score (nSPS) is 13.4. The van der Waals surface area contributed by atoms with Crippen molar-refractivity contribution in [1.29, 1.82) is 0 Å². The van der Waals surface area contributed by atoms with E-state index in [9.17, 15) is 5.11 Å². The van der Waals surface area contributed by atoms with Gasteiger partial charge in [-0.15, -0.1) is 12.4 Å². The molecule has 0 heterocycles. The van der Waals surface area contributed by atoms with Crippen LogP contribution in [0, 0.1) is 0 Å². The average molecular weight is 377 g/mol. The minimum Gasteiger partial charge on any atom is -0.391 e. The highest BCUT2D eigenvalue weighted by molar-refractivity contribution is 9.10. The maximum Gasteiger partial charge on any atom is 0.0773 e. The third-order valence-electron chi connectivity index (χ3n) is 3.03. The minimum atomic E-state index is -0.629. The van der Waals surface area contributed by atoms with E-state index in [1.165, 1.54) is 0 Å². The Morgan fingerprint density at radius 3 is 2.40 bits per heavy atom. The van der Waals surface area contributed by atoms with Crippen LogP contribution in [0.15, 0.2) is 53.0 Å². The van der Waals surface area contributed by atoms with Crippen LogP contribution >= 0.6 is 39.9 Å². The van der Waals surface area contributed by atoms with Crippen LogP contribution in [-0.2, 0) is 6.42 Å². The third kappa shape index (κ3) is 4.47. The zero-order chi connectivity index (χ0) is 13.8.